The fraction of sp³-hybridized carbons (Fsp3) is 0.750. The molecule has 1 saturated carbocycles. The second kappa shape index (κ2) is 3.76. The lowest BCUT2D eigenvalue weighted by molar-refractivity contribution is -0.125. The van der Waals surface area contributed by atoms with Crippen LogP contribution >= 0.6 is 0 Å². The predicted octanol–water partition coefficient (Wildman–Crippen LogP) is 2.83. The zero-order valence-electron chi connectivity index (χ0n) is 8.79. The lowest BCUT2D eigenvalue weighted by Crippen LogP contribution is -2.41. The summed E-state index contributed by atoms with van der Waals surface area (Å²) >= 11 is 0. The Morgan fingerprint density at radius 1 is 1.36 bits per heavy atom. The highest BCUT2D eigenvalue weighted by Gasteiger charge is 2.39. The summed E-state index contributed by atoms with van der Waals surface area (Å²) in [5.41, 5.74) is -0.216. The quantitative estimate of drug-likeness (QED) is 0.641. The molecule has 2 heteroatoms. The van der Waals surface area contributed by atoms with Gasteiger partial charge in [-0.05, 0) is 25.7 Å². The topological polar surface area (TPSA) is 26.3 Å². The van der Waals surface area contributed by atoms with E-state index in [1.54, 1.807) is 12.3 Å². The Labute approximate surface area is 85.3 Å². The van der Waals surface area contributed by atoms with Crippen molar-refractivity contribution in [3.05, 3.63) is 12.3 Å². The average molecular weight is 194 g/mol. The van der Waals surface area contributed by atoms with Crippen LogP contribution in [0, 0.1) is 5.92 Å². The Kier molecular flexibility index (Phi) is 2.62. The molecule has 0 aromatic carbocycles. The van der Waals surface area contributed by atoms with Crippen LogP contribution in [0.25, 0.3) is 0 Å². The summed E-state index contributed by atoms with van der Waals surface area (Å²) < 4.78 is 5.67. The molecule has 0 spiro atoms. The predicted molar refractivity (Wildman–Crippen MR) is 54.8 cm³/mol. The van der Waals surface area contributed by atoms with Gasteiger partial charge < -0.3 is 4.74 Å². The molecular weight excluding hydrogens is 176 g/mol. The van der Waals surface area contributed by atoms with E-state index < -0.39 is 0 Å². The van der Waals surface area contributed by atoms with Gasteiger partial charge in [-0.25, -0.2) is 0 Å². The first-order chi connectivity index (χ1) is 6.71. The molecule has 1 heterocycles. The summed E-state index contributed by atoms with van der Waals surface area (Å²) in [7, 11) is 0. The minimum Gasteiger partial charge on any atom is -0.494 e. The van der Waals surface area contributed by atoms with Crippen molar-refractivity contribution in [1.82, 2.24) is 0 Å². The highest BCUT2D eigenvalue weighted by Crippen LogP contribution is 2.38. The van der Waals surface area contributed by atoms with Gasteiger partial charge in [0, 0.05) is 6.08 Å². The summed E-state index contributed by atoms with van der Waals surface area (Å²) in [5.74, 6) is 0.787. The third-order valence-corrected chi connectivity index (χ3v) is 3.59. The summed E-state index contributed by atoms with van der Waals surface area (Å²) in [6.07, 6.45) is 10.1. The molecule has 1 atom stereocenters. The molecule has 2 nitrogen and oxygen atoms in total. The summed E-state index contributed by atoms with van der Waals surface area (Å²) in [6, 6.07) is 0. The molecule has 0 radical (unpaired) electrons. The van der Waals surface area contributed by atoms with Crippen LogP contribution in [0.15, 0.2) is 12.3 Å². The van der Waals surface area contributed by atoms with E-state index in [9.17, 15) is 4.79 Å². The zero-order chi connectivity index (χ0) is 10.0. The monoisotopic (exact) mass is 194 g/mol. The molecule has 0 saturated heterocycles. The Morgan fingerprint density at radius 2 is 2.07 bits per heavy atom. The number of ether oxygens (including phenoxy) is 1. The molecule has 1 aliphatic heterocycles. The first-order valence-electron chi connectivity index (χ1n) is 5.58. The van der Waals surface area contributed by atoms with Crippen LogP contribution in [0.4, 0.5) is 0 Å². The molecular formula is C12H18O2. The molecule has 2 rings (SSSR count). The summed E-state index contributed by atoms with van der Waals surface area (Å²) in [4.78, 5) is 11.4. The first kappa shape index (κ1) is 9.75. The van der Waals surface area contributed by atoms with Gasteiger partial charge in [-0.1, -0.05) is 19.3 Å². The van der Waals surface area contributed by atoms with Gasteiger partial charge in [0.2, 0.25) is 0 Å². The SMILES string of the molecule is CC1(C2CCCCC2)CC(=O)C=CO1. The van der Waals surface area contributed by atoms with Gasteiger partial charge in [0.15, 0.2) is 5.78 Å². The van der Waals surface area contributed by atoms with Crippen LogP contribution in [0.2, 0.25) is 0 Å². The Hall–Kier alpha value is -0.790. The van der Waals surface area contributed by atoms with Crippen LogP contribution in [-0.4, -0.2) is 11.4 Å². The average Bonchev–Trinajstić information content (AvgIpc) is 2.19. The van der Waals surface area contributed by atoms with E-state index in [2.05, 4.69) is 6.92 Å². The number of hydrogen-bond donors (Lipinski definition) is 0. The summed E-state index contributed by atoms with van der Waals surface area (Å²) in [5, 5.41) is 0. The van der Waals surface area contributed by atoms with E-state index in [1.165, 1.54) is 32.1 Å². The van der Waals surface area contributed by atoms with Gasteiger partial charge in [-0.3, -0.25) is 4.79 Å². The maximum absolute atomic E-state index is 11.4. The van der Waals surface area contributed by atoms with Crippen molar-refractivity contribution in [2.24, 2.45) is 5.92 Å². The van der Waals surface area contributed by atoms with E-state index in [-0.39, 0.29) is 11.4 Å². The van der Waals surface area contributed by atoms with Crippen LogP contribution < -0.4 is 0 Å². The van der Waals surface area contributed by atoms with Crippen LogP contribution in [0.3, 0.4) is 0 Å². The lowest BCUT2D eigenvalue weighted by Gasteiger charge is -2.40. The Morgan fingerprint density at radius 3 is 2.71 bits per heavy atom. The van der Waals surface area contributed by atoms with E-state index >= 15 is 0 Å². The standard InChI is InChI=1S/C12H18O2/c1-12(9-11(13)7-8-14-12)10-5-3-2-4-6-10/h7-8,10H,2-6,9H2,1H3. The number of rotatable bonds is 1. The van der Waals surface area contributed by atoms with Gasteiger partial charge in [-0.15, -0.1) is 0 Å². The highest BCUT2D eigenvalue weighted by atomic mass is 16.5. The smallest absolute Gasteiger partial charge is 0.162 e. The summed E-state index contributed by atoms with van der Waals surface area (Å²) in [6.45, 7) is 2.09. The lowest BCUT2D eigenvalue weighted by atomic mass is 9.75. The van der Waals surface area contributed by atoms with Crippen molar-refractivity contribution >= 4 is 5.78 Å². The van der Waals surface area contributed by atoms with Crippen molar-refractivity contribution < 1.29 is 9.53 Å². The van der Waals surface area contributed by atoms with Crippen molar-refractivity contribution in [3.63, 3.8) is 0 Å². The zero-order valence-corrected chi connectivity index (χ0v) is 8.79. The normalized spacial score (nSPS) is 34.2. The number of ketones is 1. The molecule has 1 unspecified atom stereocenters. The van der Waals surface area contributed by atoms with Gasteiger partial charge in [0.1, 0.15) is 5.60 Å². The molecule has 14 heavy (non-hydrogen) atoms. The number of hydrogen-bond acceptors (Lipinski definition) is 2. The van der Waals surface area contributed by atoms with Gasteiger partial charge in [0.25, 0.3) is 0 Å². The maximum Gasteiger partial charge on any atom is 0.162 e. The van der Waals surface area contributed by atoms with E-state index in [0.29, 0.717) is 12.3 Å². The molecule has 78 valence electrons. The first-order valence-corrected chi connectivity index (χ1v) is 5.58. The third kappa shape index (κ3) is 1.84. The second-order valence-corrected chi connectivity index (χ2v) is 4.71. The molecule has 0 aromatic rings. The molecule has 1 aliphatic carbocycles. The largest absolute Gasteiger partial charge is 0.494 e. The third-order valence-electron chi connectivity index (χ3n) is 3.59. The fourth-order valence-corrected chi connectivity index (χ4v) is 2.67. The Bertz CT molecular complexity index is 251. The van der Waals surface area contributed by atoms with Crippen LogP contribution in [0.1, 0.15) is 45.4 Å². The maximum atomic E-state index is 11.4. The highest BCUT2D eigenvalue weighted by molar-refractivity contribution is 5.90. The minimum absolute atomic E-state index is 0.212. The van der Waals surface area contributed by atoms with Gasteiger partial charge in [0.05, 0.1) is 12.7 Å². The van der Waals surface area contributed by atoms with Crippen LogP contribution in [0.5, 0.6) is 0 Å². The van der Waals surface area contributed by atoms with Crippen molar-refractivity contribution in [2.75, 3.05) is 0 Å². The molecule has 0 bridgehead atoms. The number of carbonyl (C=O) groups excluding carboxylic acids is 1. The van der Waals surface area contributed by atoms with Crippen molar-refractivity contribution in [3.8, 4) is 0 Å². The molecule has 0 aromatic heterocycles. The van der Waals surface area contributed by atoms with E-state index in [1.807, 2.05) is 0 Å². The van der Waals surface area contributed by atoms with Crippen molar-refractivity contribution in [1.29, 1.82) is 0 Å². The van der Waals surface area contributed by atoms with E-state index in [0.717, 1.165) is 0 Å². The minimum atomic E-state index is -0.216. The Balaban J connectivity index is 2.06. The van der Waals surface area contributed by atoms with Crippen LogP contribution in [-0.2, 0) is 9.53 Å². The van der Waals surface area contributed by atoms with Gasteiger partial charge in [-0.2, -0.15) is 0 Å². The number of allylic oxidation sites excluding steroid dienone is 1. The van der Waals surface area contributed by atoms with E-state index in [4.69, 9.17) is 4.74 Å². The van der Waals surface area contributed by atoms with Gasteiger partial charge >= 0.3 is 0 Å². The van der Waals surface area contributed by atoms with Crippen molar-refractivity contribution in [2.45, 2.75) is 51.0 Å². The molecule has 1 fully saturated rings. The second-order valence-electron chi connectivity index (χ2n) is 4.71. The molecule has 0 N–H and O–H groups in total. The molecule has 2 aliphatic rings. The fourth-order valence-electron chi connectivity index (χ4n) is 2.67. The number of carbonyl (C=O) groups is 1. The molecule has 0 amide bonds.